The van der Waals surface area contributed by atoms with Crippen molar-refractivity contribution < 1.29 is 82.2 Å². The number of halogens is 2. The van der Waals surface area contributed by atoms with E-state index >= 15 is 0 Å². The van der Waals surface area contributed by atoms with Gasteiger partial charge in [0.15, 0.2) is 0 Å². The van der Waals surface area contributed by atoms with E-state index in [-0.39, 0.29) is 107 Å². The summed E-state index contributed by atoms with van der Waals surface area (Å²) < 4.78 is 0. The van der Waals surface area contributed by atoms with Crippen LogP contribution in [0.15, 0.2) is 0 Å². The molecular formula is H14Cl2EuO6. The van der Waals surface area contributed by atoms with Gasteiger partial charge in [0.25, 0.3) is 0 Å². The van der Waals surface area contributed by atoms with Gasteiger partial charge in [-0.05, 0) is 0 Å². The second kappa shape index (κ2) is 213. The van der Waals surface area contributed by atoms with Gasteiger partial charge in [0, 0.05) is 49.4 Å². The van der Waals surface area contributed by atoms with Crippen LogP contribution in [0, 0.1) is 49.4 Å². The average molecular weight is 333 g/mol. The van der Waals surface area contributed by atoms with Crippen LogP contribution >= 0.6 is 24.8 Å². The molecule has 0 saturated carbocycles. The average Bonchev–Trinajstić information content (AvgIpc) is 0. The molecule has 12 N–H and O–H groups in total. The summed E-state index contributed by atoms with van der Waals surface area (Å²) in [5.74, 6) is 0. The molecule has 0 heterocycles. The van der Waals surface area contributed by atoms with Crippen molar-refractivity contribution in [2.75, 3.05) is 0 Å². The molecule has 0 amide bonds. The van der Waals surface area contributed by atoms with E-state index in [2.05, 4.69) is 0 Å². The van der Waals surface area contributed by atoms with Crippen molar-refractivity contribution in [3.8, 4) is 0 Å². The third kappa shape index (κ3) is 168. The molecule has 0 unspecified atom stereocenters. The van der Waals surface area contributed by atoms with Crippen molar-refractivity contribution in [1.82, 2.24) is 0 Å². The molecule has 0 aliphatic heterocycles. The van der Waals surface area contributed by atoms with Crippen LogP contribution < -0.4 is 0 Å². The van der Waals surface area contributed by atoms with Gasteiger partial charge in [-0.2, -0.15) is 0 Å². The van der Waals surface area contributed by atoms with Gasteiger partial charge in [-0.25, -0.2) is 0 Å². The zero-order valence-corrected chi connectivity index (χ0v) is 8.25. The Bertz CT molecular complexity index is 11.0. The number of rotatable bonds is 0. The van der Waals surface area contributed by atoms with Gasteiger partial charge in [0.05, 0.1) is 0 Å². The topological polar surface area (TPSA) is 189 Å². The number of hydrogen-bond acceptors (Lipinski definition) is 0. The van der Waals surface area contributed by atoms with Crippen LogP contribution in [0.25, 0.3) is 0 Å². The van der Waals surface area contributed by atoms with Crippen LogP contribution in [0.3, 0.4) is 0 Å². The van der Waals surface area contributed by atoms with E-state index in [4.69, 9.17) is 0 Å². The molecule has 6 nitrogen and oxygen atoms in total. The van der Waals surface area contributed by atoms with Gasteiger partial charge in [-0.3, -0.25) is 0 Å². The summed E-state index contributed by atoms with van der Waals surface area (Å²) in [5, 5.41) is 0. The third-order valence-corrected chi connectivity index (χ3v) is 0. The van der Waals surface area contributed by atoms with Gasteiger partial charge < -0.3 is 32.9 Å². The second-order valence-corrected chi connectivity index (χ2v) is 0. The first-order valence-electron chi connectivity index (χ1n) is 0. The molecule has 0 spiro atoms. The van der Waals surface area contributed by atoms with Crippen LogP contribution in [-0.4, -0.2) is 32.9 Å². The van der Waals surface area contributed by atoms with Gasteiger partial charge in [0.1, 0.15) is 0 Å². The molecule has 0 aromatic carbocycles. The molecule has 71 valence electrons. The Balaban J connectivity index is 0. The first-order valence-corrected chi connectivity index (χ1v) is 0. The fraction of sp³-hybridized carbons (Fsp3) is 0. The predicted molar refractivity (Wildman–Crippen MR) is 36.2 cm³/mol. The molecule has 9 heavy (non-hydrogen) atoms. The molecule has 9 heteroatoms. The SMILES string of the molecule is Cl.Cl.O.O.O.O.O.O.[Eu]. The predicted octanol–water partition coefficient (Wildman–Crippen LogP) is -4.10. The van der Waals surface area contributed by atoms with Crippen LogP contribution in [0.2, 0.25) is 0 Å². The Labute approximate surface area is 106 Å². The fourth-order valence-corrected chi connectivity index (χ4v) is 0. The first-order chi connectivity index (χ1) is 0. The van der Waals surface area contributed by atoms with Gasteiger partial charge in [-0.1, -0.05) is 0 Å². The van der Waals surface area contributed by atoms with E-state index in [1.165, 1.54) is 0 Å². The summed E-state index contributed by atoms with van der Waals surface area (Å²) in [6.45, 7) is 0. The smallest absolute Gasteiger partial charge is 0 e. The molecule has 0 aromatic heterocycles. The molecule has 0 aromatic rings. The monoisotopic (exact) mass is 333 g/mol. The summed E-state index contributed by atoms with van der Waals surface area (Å²) in [4.78, 5) is 0. The molecule has 0 bridgehead atoms. The third-order valence-electron chi connectivity index (χ3n) is 0. The van der Waals surface area contributed by atoms with E-state index in [0.29, 0.717) is 0 Å². The molecular weight excluding hydrogens is 319 g/mol. The summed E-state index contributed by atoms with van der Waals surface area (Å²) in [7, 11) is 0. The largest absolute Gasteiger partial charge is 0.412 e. The van der Waals surface area contributed by atoms with E-state index in [1.54, 1.807) is 0 Å². The summed E-state index contributed by atoms with van der Waals surface area (Å²) >= 11 is 0. The zero-order chi connectivity index (χ0) is 0. The quantitative estimate of drug-likeness (QED) is 0.417. The Morgan fingerprint density at radius 3 is 0.333 bits per heavy atom. The van der Waals surface area contributed by atoms with Crippen LogP contribution in [0.4, 0.5) is 0 Å². The fourth-order valence-electron chi connectivity index (χ4n) is 0. The molecule has 0 fully saturated rings. The molecule has 0 aliphatic rings. The Hall–Kier alpha value is 1.92. The standard InChI is InChI=1S/2ClH.Eu.6H2O/h2*1H;;6*1H2. The summed E-state index contributed by atoms with van der Waals surface area (Å²) in [6, 6.07) is 0. The van der Waals surface area contributed by atoms with Gasteiger partial charge >= 0.3 is 0 Å². The van der Waals surface area contributed by atoms with Crippen LogP contribution in [-0.2, 0) is 0 Å². The van der Waals surface area contributed by atoms with Crippen molar-refractivity contribution in [2.45, 2.75) is 0 Å². The maximum atomic E-state index is 0. The Morgan fingerprint density at radius 2 is 0.333 bits per heavy atom. The molecule has 1 radical (unpaired) electrons. The molecule has 0 aliphatic carbocycles. The van der Waals surface area contributed by atoms with Gasteiger partial charge in [0.2, 0.25) is 0 Å². The van der Waals surface area contributed by atoms with Crippen LogP contribution in [0.1, 0.15) is 0 Å². The van der Waals surface area contributed by atoms with Crippen molar-refractivity contribution in [3.63, 3.8) is 0 Å². The van der Waals surface area contributed by atoms with Crippen molar-refractivity contribution >= 4 is 24.8 Å². The van der Waals surface area contributed by atoms with Crippen LogP contribution in [0.5, 0.6) is 0 Å². The Kier molecular flexibility index (Phi) is 6890. The summed E-state index contributed by atoms with van der Waals surface area (Å²) in [6.07, 6.45) is 0. The van der Waals surface area contributed by atoms with Crippen molar-refractivity contribution in [2.24, 2.45) is 0 Å². The Morgan fingerprint density at radius 1 is 0.333 bits per heavy atom. The van der Waals surface area contributed by atoms with E-state index in [9.17, 15) is 0 Å². The molecule has 0 rings (SSSR count). The van der Waals surface area contributed by atoms with E-state index < -0.39 is 0 Å². The number of hydrogen-bond donors (Lipinski definition) is 0. The van der Waals surface area contributed by atoms with Gasteiger partial charge in [-0.15, -0.1) is 24.8 Å². The minimum Gasteiger partial charge on any atom is -0.412 e. The van der Waals surface area contributed by atoms with Crippen molar-refractivity contribution in [1.29, 1.82) is 0 Å². The minimum absolute atomic E-state index is 0. The minimum atomic E-state index is 0. The normalized spacial score (nSPS) is 0. The second-order valence-electron chi connectivity index (χ2n) is 0. The zero-order valence-electron chi connectivity index (χ0n) is 4.19. The van der Waals surface area contributed by atoms with E-state index in [0.717, 1.165) is 0 Å². The maximum Gasteiger partial charge on any atom is 0 e. The molecule has 0 atom stereocenters. The van der Waals surface area contributed by atoms with Crippen molar-refractivity contribution in [3.05, 3.63) is 0 Å². The maximum absolute atomic E-state index is 0. The van der Waals surface area contributed by atoms with E-state index in [1.807, 2.05) is 0 Å². The summed E-state index contributed by atoms with van der Waals surface area (Å²) in [5.41, 5.74) is 0. The first kappa shape index (κ1) is 291. The molecule has 0 saturated heterocycles.